The zero-order valence-corrected chi connectivity index (χ0v) is 11.6. The Morgan fingerprint density at radius 1 is 1.20 bits per heavy atom. The standard InChI is InChI=1S/C14H14FN3OS/c15-12-7-10-3-1-2-4-11(10)8-13(12)20-18(19)14-5-6-16-9-17-14/h5-9,19H,1-4H2. The van der Waals surface area contributed by atoms with Gasteiger partial charge in [-0.05, 0) is 48.9 Å². The van der Waals surface area contributed by atoms with Crippen LogP contribution >= 0.6 is 11.9 Å². The van der Waals surface area contributed by atoms with Crippen LogP contribution in [0, 0.1) is 5.82 Å². The van der Waals surface area contributed by atoms with E-state index in [0.717, 1.165) is 47.7 Å². The number of benzene rings is 1. The number of aryl methyl sites for hydroxylation is 2. The van der Waals surface area contributed by atoms with Crippen LogP contribution in [-0.2, 0) is 12.8 Å². The van der Waals surface area contributed by atoms with E-state index in [1.165, 1.54) is 18.1 Å². The molecule has 20 heavy (non-hydrogen) atoms. The summed E-state index contributed by atoms with van der Waals surface area (Å²) in [5.41, 5.74) is 2.26. The third kappa shape index (κ3) is 2.76. The van der Waals surface area contributed by atoms with Crippen LogP contribution in [0.15, 0.2) is 35.6 Å². The summed E-state index contributed by atoms with van der Waals surface area (Å²) in [6.45, 7) is 0. The van der Waals surface area contributed by atoms with E-state index >= 15 is 0 Å². The predicted molar refractivity (Wildman–Crippen MR) is 75.2 cm³/mol. The maximum atomic E-state index is 14.1. The second-order valence-electron chi connectivity index (χ2n) is 4.69. The van der Waals surface area contributed by atoms with Crippen molar-refractivity contribution in [1.29, 1.82) is 0 Å². The van der Waals surface area contributed by atoms with Gasteiger partial charge in [-0.2, -0.15) is 4.47 Å². The normalized spacial score (nSPS) is 13.9. The topological polar surface area (TPSA) is 49.2 Å². The molecule has 1 aromatic carbocycles. The van der Waals surface area contributed by atoms with Crippen molar-refractivity contribution in [3.63, 3.8) is 0 Å². The van der Waals surface area contributed by atoms with Gasteiger partial charge in [0, 0.05) is 24.2 Å². The minimum absolute atomic E-state index is 0.302. The van der Waals surface area contributed by atoms with Crippen molar-refractivity contribution < 1.29 is 9.60 Å². The molecule has 104 valence electrons. The second-order valence-corrected chi connectivity index (χ2v) is 5.66. The molecule has 1 aromatic heterocycles. The van der Waals surface area contributed by atoms with E-state index in [4.69, 9.17) is 0 Å². The van der Waals surface area contributed by atoms with E-state index in [1.807, 2.05) is 6.07 Å². The molecular formula is C14H14FN3OS. The Hall–Kier alpha value is -1.66. The van der Waals surface area contributed by atoms with Crippen molar-refractivity contribution in [2.24, 2.45) is 0 Å². The van der Waals surface area contributed by atoms with Crippen molar-refractivity contribution in [1.82, 2.24) is 9.97 Å². The van der Waals surface area contributed by atoms with Crippen LogP contribution in [-0.4, -0.2) is 15.2 Å². The Balaban J connectivity index is 1.84. The summed E-state index contributed by atoms with van der Waals surface area (Å²) < 4.78 is 14.9. The summed E-state index contributed by atoms with van der Waals surface area (Å²) in [6.07, 6.45) is 7.02. The molecule has 0 saturated carbocycles. The van der Waals surface area contributed by atoms with Crippen molar-refractivity contribution in [2.45, 2.75) is 30.6 Å². The SMILES string of the molecule is ON(Sc1cc2c(cc1F)CCCC2)c1ccncn1. The minimum Gasteiger partial charge on any atom is -0.276 e. The van der Waals surface area contributed by atoms with Crippen LogP contribution in [0.2, 0.25) is 0 Å². The molecule has 1 aliphatic rings. The molecule has 0 spiro atoms. The van der Waals surface area contributed by atoms with Crippen LogP contribution in [0.3, 0.4) is 0 Å². The molecule has 1 aliphatic carbocycles. The fourth-order valence-electron chi connectivity index (χ4n) is 2.34. The van der Waals surface area contributed by atoms with Gasteiger partial charge in [0.05, 0.1) is 4.90 Å². The van der Waals surface area contributed by atoms with Gasteiger partial charge in [-0.25, -0.2) is 14.4 Å². The largest absolute Gasteiger partial charge is 0.276 e. The highest BCUT2D eigenvalue weighted by molar-refractivity contribution is 8.00. The van der Waals surface area contributed by atoms with Crippen molar-refractivity contribution in [3.8, 4) is 0 Å². The molecule has 0 aliphatic heterocycles. The monoisotopic (exact) mass is 291 g/mol. The molecule has 0 amide bonds. The first-order valence-corrected chi connectivity index (χ1v) is 7.25. The van der Waals surface area contributed by atoms with Gasteiger partial charge in [0.15, 0.2) is 5.82 Å². The number of hydrogen-bond donors (Lipinski definition) is 1. The smallest absolute Gasteiger partial charge is 0.168 e. The predicted octanol–water partition coefficient (Wildman–Crippen LogP) is 3.40. The molecule has 1 N–H and O–H groups in total. The molecule has 2 aromatic rings. The highest BCUT2D eigenvalue weighted by Crippen LogP contribution is 2.32. The maximum absolute atomic E-state index is 14.1. The van der Waals surface area contributed by atoms with Crippen LogP contribution in [0.1, 0.15) is 24.0 Å². The van der Waals surface area contributed by atoms with Gasteiger partial charge < -0.3 is 0 Å². The van der Waals surface area contributed by atoms with E-state index < -0.39 is 0 Å². The molecule has 0 atom stereocenters. The van der Waals surface area contributed by atoms with E-state index in [0.29, 0.717) is 10.7 Å². The zero-order valence-electron chi connectivity index (χ0n) is 10.8. The van der Waals surface area contributed by atoms with Gasteiger partial charge in [0.1, 0.15) is 12.1 Å². The number of halogens is 1. The lowest BCUT2D eigenvalue weighted by atomic mass is 9.92. The first kappa shape index (κ1) is 13.3. The number of fused-ring (bicyclic) bond motifs is 1. The van der Waals surface area contributed by atoms with Crippen LogP contribution in [0.4, 0.5) is 10.2 Å². The molecule has 6 heteroatoms. The highest BCUT2D eigenvalue weighted by atomic mass is 32.2. The van der Waals surface area contributed by atoms with E-state index in [9.17, 15) is 9.60 Å². The summed E-state index contributed by atoms with van der Waals surface area (Å²) in [5, 5.41) is 9.94. The third-order valence-electron chi connectivity index (χ3n) is 3.34. The fourth-order valence-corrected chi connectivity index (χ4v) is 3.07. The van der Waals surface area contributed by atoms with E-state index in [2.05, 4.69) is 9.97 Å². The summed E-state index contributed by atoms with van der Waals surface area (Å²) >= 11 is 0.920. The Kier molecular flexibility index (Phi) is 3.84. The summed E-state index contributed by atoms with van der Waals surface area (Å²) in [7, 11) is 0. The van der Waals surface area contributed by atoms with Crippen LogP contribution < -0.4 is 4.47 Å². The number of anilines is 1. The quantitative estimate of drug-likeness (QED) is 0.694. The highest BCUT2D eigenvalue weighted by Gasteiger charge is 2.16. The van der Waals surface area contributed by atoms with Crippen LogP contribution in [0.25, 0.3) is 0 Å². The summed E-state index contributed by atoms with van der Waals surface area (Å²) in [6, 6.07) is 4.98. The number of rotatable bonds is 3. The minimum atomic E-state index is -0.302. The summed E-state index contributed by atoms with van der Waals surface area (Å²) in [4.78, 5) is 8.10. The molecule has 0 radical (unpaired) electrons. The van der Waals surface area contributed by atoms with E-state index in [-0.39, 0.29) is 5.82 Å². The molecule has 0 bridgehead atoms. The van der Waals surface area contributed by atoms with Gasteiger partial charge in [0.2, 0.25) is 0 Å². The lowest BCUT2D eigenvalue weighted by Gasteiger charge is -2.19. The van der Waals surface area contributed by atoms with Crippen molar-refractivity contribution >= 4 is 17.8 Å². The third-order valence-corrected chi connectivity index (χ3v) is 4.21. The first-order valence-electron chi connectivity index (χ1n) is 6.48. The average Bonchev–Trinajstić information content (AvgIpc) is 2.49. The molecular weight excluding hydrogens is 277 g/mol. The van der Waals surface area contributed by atoms with Crippen molar-refractivity contribution in [2.75, 3.05) is 4.47 Å². The van der Waals surface area contributed by atoms with E-state index in [1.54, 1.807) is 12.1 Å². The molecule has 3 rings (SSSR count). The van der Waals surface area contributed by atoms with Gasteiger partial charge in [-0.15, -0.1) is 0 Å². The van der Waals surface area contributed by atoms with Gasteiger partial charge in [-0.3, -0.25) is 5.21 Å². The Morgan fingerprint density at radius 3 is 2.65 bits per heavy atom. The zero-order chi connectivity index (χ0) is 13.9. The van der Waals surface area contributed by atoms with Crippen molar-refractivity contribution in [3.05, 3.63) is 47.7 Å². The second kappa shape index (κ2) is 5.76. The number of aromatic nitrogens is 2. The summed E-state index contributed by atoms with van der Waals surface area (Å²) in [5.74, 6) is 0.0193. The molecule has 4 nitrogen and oxygen atoms in total. The van der Waals surface area contributed by atoms with Crippen LogP contribution in [0.5, 0.6) is 0 Å². The maximum Gasteiger partial charge on any atom is 0.168 e. The number of hydrogen-bond acceptors (Lipinski definition) is 5. The molecule has 0 saturated heterocycles. The van der Waals surface area contributed by atoms with Gasteiger partial charge in [-0.1, -0.05) is 0 Å². The lowest BCUT2D eigenvalue weighted by Crippen LogP contribution is -2.11. The van der Waals surface area contributed by atoms with Gasteiger partial charge in [0.25, 0.3) is 0 Å². The molecule has 0 unspecified atom stereocenters. The average molecular weight is 291 g/mol. The van der Waals surface area contributed by atoms with Gasteiger partial charge >= 0.3 is 0 Å². The Bertz CT molecular complexity index is 609. The lowest BCUT2D eigenvalue weighted by molar-refractivity contribution is 0.328. The first-order chi connectivity index (χ1) is 9.74. The fraction of sp³-hybridized carbons (Fsp3) is 0.286. The molecule has 1 heterocycles. The Labute approximate surface area is 120 Å². The Morgan fingerprint density at radius 2 is 1.95 bits per heavy atom. The molecule has 0 fully saturated rings. The number of nitrogens with zero attached hydrogens (tertiary/aromatic N) is 3.